The summed E-state index contributed by atoms with van der Waals surface area (Å²) in [5.41, 5.74) is 1.12. The van der Waals surface area contributed by atoms with Gasteiger partial charge in [-0.15, -0.1) is 0 Å². The van der Waals surface area contributed by atoms with Crippen LogP contribution in [0.4, 0.5) is 0 Å². The summed E-state index contributed by atoms with van der Waals surface area (Å²) < 4.78 is 0. The summed E-state index contributed by atoms with van der Waals surface area (Å²) in [6.45, 7) is 3.56. The SMILES string of the molecule is Cc1cc([C]=O)nc(C)n1. The Hall–Kier alpha value is -1.25. The first-order valence-corrected chi connectivity index (χ1v) is 2.93. The highest BCUT2D eigenvalue weighted by molar-refractivity contribution is 5.72. The highest BCUT2D eigenvalue weighted by atomic mass is 16.1. The lowest BCUT2D eigenvalue weighted by molar-refractivity contribution is 0.561. The Labute approximate surface area is 59.1 Å². The molecule has 0 fully saturated rings. The van der Waals surface area contributed by atoms with Crippen molar-refractivity contribution < 1.29 is 4.79 Å². The molecule has 0 bridgehead atoms. The van der Waals surface area contributed by atoms with Gasteiger partial charge in [-0.3, -0.25) is 4.79 Å². The Morgan fingerprint density at radius 1 is 1.40 bits per heavy atom. The molecule has 0 aliphatic heterocycles. The fraction of sp³-hybridized carbons (Fsp3) is 0.286. The van der Waals surface area contributed by atoms with E-state index in [1.165, 1.54) is 0 Å². The maximum Gasteiger partial charge on any atom is 0.253 e. The van der Waals surface area contributed by atoms with Crippen LogP contribution in [0.3, 0.4) is 0 Å². The monoisotopic (exact) mass is 135 g/mol. The predicted molar refractivity (Wildman–Crippen MR) is 36.3 cm³/mol. The van der Waals surface area contributed by atoms with Crippen LogP contribution in [-0.4, -0.2) is 16.3 Å². The van der Waals surface area contributed by atoms with E-state index in [1.54, 1.807) is 19.3 Å². The second-order valence-electron chi connectivity index (χ2n) is 2.04. The van der Waals surface area contributed by atoms with Crippen molar-refractivity contribution >= 4 is 6.29 Å². The molecule has 1 aromatic heterocycles. The van der Waals surface area contributed by atoms with Gasteiger partial charge in [0.25, 0.3) is 6.29 Å². The Morgan fingerprint density at radius 3 is 2.60 bits per heavy atom. The number of rotatable bonds is 1. The third-order valence-electron chi connectivity index (χ3n) is 1.07. The van der Waals surface area contributed by atoms with Crippen molar-refractivity contribution in [1.29, 1.82) is 0 Å². The van der Waals surface area contributed by atoms with Crippen LogP contribution in [-0.2, 0) is 4.79 Å². The zero-order chi connectivity index (χ0) is 7.56. The number of hydrogen-bond acceptors (Lipinski definition) is 3. The molecule has 3 nitrogen and oxygen atoms in total. The van der Waals surface area contributed by atoms with Crippen molar-refractivity contribution in [3.63, 3.8) is 0 Å². The molecular weight excluding hydrogens is 128 g/mol. The Balaban J connectivity index is 3.18. The standard InChI is InChI=1S/C7H7N2O/c1-5-3-7(4-10)9-6(2)8-5/h3H,1-2H3. The first kappa shape index (κ1) is 6.86. The number of hydrogen-bond donors (Lipinski definition) is 0. The van der Waals surface area contributed by atoms with Gasteiger partial charge in [0.05, 0.1) is 0 Å². The summed E-state index contributed by atoms with van der Waals surface area (Å²) in [6, 6.07) is 1.60. The maximum absolute atomic E-state index is 10.1. The summed E-state index contributed by atoms with van der Waals surface area (Å²) in [4.78, 5) is 17.9. The van der Waals surface area contributed by atoms with Gasteiger partial charge in [0, 0.05) is 5.69 Å². The normalized spacial score (nSPS) is 9.40. The molecule has 1 radical (unpaired) electrons. The Kier molecular flexibility index (Phi) is 1.76. The molecule has 0 aliphatic rings. The maximum atomic E-state index is 10.1. The van der Waals surface area contributed by atoms with Crippen molar-refractivity contribution in [2.75, 3.05) is 0 Å². The first-order chi connectivity index (χ1) is 4.72. The largest absolute Gasteiger partial charge is 0.283 e. The lowest BCUT2D eigenvalue weighted by Crippen LogP contribution is -1.95. The van der Waals surface area contributed by atoms with Crippen LogP contribution in [0.15, 0.2) is 6.07 Å². The van der Waals surface area contributed by atoms with E-state index in [4.69, 9.17) is 0 Å². The topological polar surface area (TPSA) is 42.9 Å². The van der Waals surface area contributed by atoms with Crippen molar-refractivity contribution in [2.45, 2.75) is 13.8 Å². The molecule has 1 rings (SSSR count). The van der Waals surface area contributed by atoms with Gasteiger partial charge in [0.15, 0.2) is 0 Å². The Morgan fingerprint density at radius 2 is 2.10 bits per heavy atom. The second kappa shape index (κ2) is 2.56. The molecular formula is C7H7N2O. The lowest BCUT2D eigenvalue weighted by Gasteiger charge is -1.93. The molecule has 1 heterocycles. The average Bonchev–Trinajstić information content (AvgIpc) is 1.85. The minimum atomic E-state index is 0.324. The molecule has 0 spiro atoms. The minimum Gasteiger partial charge on any atom is -0.283 e. The molecule has 0 saturated heterocycles. The molecule has 0 atom stereocenters. The first-order valence-electron chi connectivity index (χ1n) is 2.93. The molecule has 10 heavy (non-hydrogen) atoms. The van der Waals surface area contributed by atoms with E-state index in [1.807, 2.05) is 6.92 Å². The molecule has 0 aliphatic carbocycles. The summed E-state index contributed by atoms with van der Waals surface area (Å²) in [7, 11) is 0. The number of aryl methyl sites for hydroxylation is 2. The van der Waals surface area contributed by atoms with Gasteiger partial charge in [-0.2, -0.15) is 0 Å². The molecule has 0 unspecified atom stereocenters. The van der Waals surface area contributed by atoms with Crippen LogP contribution in [0.2, 0.25) is 0 Å². The summed E-state index contributed by atoms with van der Waals surface area (Å²) in [5, 5.41) is 0. The van der Waals surface area contributed by atoms with Crippen molar-refractivity contribution in [1.82, 2.24) is 9.97 Å². The van der Waals surface area contributed by atoms with Gasteiger partial charge >= 0.3 is 0 Å². The number of aromatic nitrogens is 2. The van der Waals surface area contributed by atoms with Crippen LogP contribution in [0.5, 0.6) is 0 Å². The molecule has 3 heteroatoms. The minimum absolute atomic E-state index is 0.324. The number of carbonyl (C=O) groups excluding carboxylic acids is 1. The zero-order valence-electron chi connectivity index (χ0n) is 5.88. The van der Waals surface area contributed by atoms with Crippen LogP contribution >= 0.6 is 0 Å². The average molecular weight is 135 g/mol. The summed E-state index contributed by atoms with van der Waals surface area (Å²) >= 11 is 0. The van der Waals surface area contributed by atoms with E-state index in [0.717, 1.165) is 5.69 Å². The quantitative estimate of drug-likeness (QED) is 0.564. The van der Waals surface area contributed by atoms with Gasteiger partial charge in [-0.05, 0) is 19.9 Å². The van der Waals surface area contributed by atoms with Crippen LogP contribution in [0.25, 0.3) is 0 Å². The second-order valence-corrected chi connectivity index (χ2v) is 2.04. The molecule has 0 amide bonds. The highest BCUT2D eigenvalue weighted by Gasteiger charge is 1.95. The molecule has 51 valence electrons. The fourth-order valence-corrected chi connectivity index (χ4v) is 0.769. The van der Waals surface area contributed by atoms with Gasteiger partial charge in [0.2, 0.25) is 0 Å². The van der Waals surface area contributed by atoms with E-state index >= 15 is 0 Å². The van der Waals surface area contributed by atoms with Gasteiger partial charge in [-0.1, -0.05) is 0 Å². The van der Waals surface area contributed by atoms with Crippen LogP contribution in [0.1, 0.15) is 17.2 Å². The fourth-order valence-electron chi connectivity index (χ4n) is 0.769. The zero-order valence-corrected chi connectivity index (χ0v) is 5.88. The molecule has 0 N–H and O–H groups in total. The smallest absolute Gasteiger partial charge is 0.253 e. The Bertz CT molecular complexity index is 238. The number of nitrogens with zero attached hydrogens (tertiary/aromatic N) is 2. The molecule has 0 saturated carbocycles. The van der Waals surface area contributed by atoms with E-state index in [9.17, 15) is 4.79 Å². The third kappa shape index (κ3) is 1.37. The van der Waals surface area contributed by atoms with E-state index in [-0.39, 0.29) is 0 Å². The van der Waals surface area contributed by atoms with Gasteiger partial charge in [0.1, 0.15) is 11.5 Å². The van der Waals surface area contributed by atoms with E-state index in [2.05, 4.69) is 9.97 Å². The highest BCUT2D eigenvalue weighted by Crippen LogP contribution is 1.95. The van der Waals surface area contributed by atoms with Crippen LogP contribution in [0, 0.1) is 13.8 Å². The van der Waals surface area contributed by atoms with E-state index < -0.39 is 0 Å². The van der Waals surface area contributed by atoms with Gasteiger partial charge < -0.3 is 0 Å². The van der Waals surface area contributed by atoms with Crippen molar-refractivity contribution in [2.24, 2.45) is 0 Å². The summed E-state index contributed by atoms with van der Waals surface area (Å²) in [6.07, 6.45) is 1.71. The summed E-state index contributed by atoms with van der Waals surface area (Å²) in [5.74, 6) is 0.610. The molecule has 0 aromatic carbocycles. The lowest BCUT2D eigenvalue weighted by atomic mass is 10.3. The van der Waals surface area contributed by atoms with Gasteiger partial charge in [-0.25, -0.2) is 9.97 Å². The van der Waals surface area contributed by atoms with Crippen molar-refractivity contribution in [3.8, 4) is 0 Å². The third-order valence-corrected chi connectivity index (χ3v) is 1.07. The molecule has 1 aromatic rings. The van der Waals surface area contributed by atoms with E-state index in [0.29, 0.717) is 11.5 Å². The van der Waals surface area contributed by atoms with Crippen LogP contribution < -0.4 is 0 Å². The predicted octanol–water partition coefficient (Wildman–Crippen LogP) is 0.551. The van der Waals surface area contributed by atoms with Crippen molar-refractivity contribution in [3.05, 3.63) is 23.3 Å².